The first-order valence-corrected chi connectivity index (χ1v) is 8.67. The molecule has 0 saturated heterocycles. The van der Waals surface area contributed by atoms with E-state index in [1.807, 2.05) is 0 Å². The van der Waals surface area contributed by atoms with Gasteiger partial charge < -0.3 is 20.5 Å². The number of cyclic esters (lactones) is 1. The van der Waals surface area contributed by atoms with Crippen LogP contribution in [0, 0.1) is 0 Å². The zero-order valence-electron chi connectivity index (χ0n) is 13.7. The Morgan fingerprint density at radius 1 is 1.00 bits per heavy atom. The smallest absolute Gasteiger partial charge is 0.338 e. The Hall–Kier alpha value is -2.96. The zero-order chi connectivity index (χ0) is 19.1. The average Bonchev–Trinajstić information content (AvgIpc) is 2.99. The molecule has 6 nitrogen and oxygen atoms in total. The van der Waals surface area contributed by atoms with Crippen LogP contribution in [0.15, 0.2) is 42.5 Å². The summed E-state index contributed by atoms with van der Waals surface area (Å²) in [6, 6.07) is 10.5. The number of urea groups is 1. The predicted molar refractivity (Wildman–Crippen MR) is 104 cm³/mol. The van der Waals surface area contributed by atoms with Crippen LogP contribution in [-0.4, -0.2) is 17.1 Å². The van der Waals surface area contributed by atoms with E-state index in [-0.39, 0.29) is 17.4 Å². The van der Waals surface area contributed by atoms with Crippen LogP contribution < -0.4 is 10.6 Å². The maximum atomic E-state index is 12.4. The van der Waals surface area contributed by atoms with Crippen molar-refractivity contribution in [3.05, 3.63) is 63.6 Å². The van der Waals surface area contributed by atoms with Crippen molar-refractivity contribution < 1.29 is 19.4 Å². The minimum atomic E-state index is -0.560. The standard InChI is InChI=1S/C19H12Cl2N2O4/c20-15-7-16(21)17(14-6-11(24)3-4-12(14)15)23-19(26)22-10-2-1-9-8-27-18(25)13(9)5-10/h1-7,24H,8H2,(H2,22,23,26). The molecule has 1 heterocycles. The molecule has 2 amide bonds. The molecule has 3 aromatic carbocycles. The van der Waals surface area contributed by atoms with Gasteiger partial charge in [-0.05, 0) is 36.4 Å². The van der Waals surface area contributed by atoms with Gasteiger partial charge in [0.05, 0.1) is 21.3 Å². The van der Waals surface area contributed by atoms with Crippen LogP contribution in [0.2, 0.25) is 10.0 Å². The number of esters is 1. The Bertz CT molecular complexity index is 1110. The second kappa shape index (κ2) is 6.64. The highest BCUT2D eigenvalue weighted by Gasteiger charge is 2.21. The summed E-state index contributed by atoms with van der Waals surface area (Å²) >= 11 is 12.4. The second-order valence-corrected chi connectivity index (χ2v) is 6.79. The molecule has 0 atom stereocenters. The second-order valence-electron chi connectivity index (χ2n) is 5.97. The summed E-state index contributed by atoms with van der Waals surface area (Å²) in [6.45, 7) is 0.233. The van der Waals surface area contributed by atoms with E-state index in [2.05, 4.69) is 10.6 Å². The quantitative estimate of drug-likeness (QED) is 0.516. The molecule has 3 aromatic rings. The molecule has 8 heteroatoms. The number of amides is 2. The Labute approximate surface area is 163 Å². The Kier molecular flexibility index (Phi) is 4.30. The lowest BCUT2D eigenvalue weighted by Crippen LogP contribution is -2.20. The average molecular weight is 403 g/mol. The molecular formula is C19H12Cl2N2O4. The highest BCUT2D eigenvalue weighted by atomic mass is 35.5. The number of benzene rings is 3. The van der Waals surface area contributed by atoms with Gasteiger partial charge in [0.1, 0.15) is 12.4 Å². The van der Waals surface area contributed by atoms with Gasteiger partial charge in [0, 0.05) is 22.0 Å². The van der Waals surface area contributed by atoms with Crippen LogP contribution in [0.25, 0.3) is 10.8 Å². The molecule has 27 heavy (non-hydrogen) atoms. The Balaban J connectivity index is 1.63. The number of hydrogen-bond donors (Lipinski definition) is 3. The van der Waals surface area contributed by atoms with E-state index >= 15 is 0 Å². The molecule has 0 aliphatic carbocycles. The highest BCUT2D eigenvalue weighted by molar-refractivity contribution is 6.41. The molecule has 0 spiro atoms. The predicted octanol–water partition coefficient (Wildman–Crippen LogP) is 5.17. The fourth-order valence-electron chi connectivity index (χ4n) is 2.93. The van der Waals surface area contributed by atoms with Crippen LogP contribution in [0.1, 0.15) is 15.9 Å². The number of phenolic OH excluding ortho intramolecular Hbond substituents is 1. The van der Waals surface area contributed by atoms with Crippen LogP contribution in [0.5, 0.6) is 5.75 Å². The number of ether oxygens (including phenoxy) is 1. The molecule has 0 unspecified atom stereocenters. The Morgan fingerprint density at radius 2 is 1.81 bits per heavy atom. The minimum Gasteiger partial charge on any atom is -0.508 e. The minimum absolute atomic E-state index is 0.0152. The number of fused-ring (bicyclic) bond motifs is 2. The number of phenols is 1. The maximum absolute atomic E-state index is 12.4. The fourth-order valence-corrected chi connectivity index (χ4v) is 3.52. The topological polar surface area (TPSA) is 87.7 Å². The summed E-state index contributed by atoms with van der Waals surface area (Å²) in [5, 5.41) is 16.8. The van der Waals surface area contributed by atoms with Gasteiger partial charge >= 0.3 is 12.0 Å². The van der Waals surface area contributed by atoms with Crippen molar-refractivity contribution in [1.82, 2.24) is 0 Å². The van der Waals surface area contributed by atoms with E-state index in [0.29, 0.717) is 32.7 Å². The molecule has 3 N–H and O–H groups in total. The van der Waals surface area contributed by atoms with Crippen LogP contribution in [0.3, 0.4) is 0 Å². The maximum Gasteiger partial charge on any atom is 0.338 e. The lowest BCUT2D eigenvalue weighted by atomic mass is 10.1. The first kappa shape index (κ1) is 17.5. The molecule has 0 fully saturated rings. The zero-order valence-corrected chi connectivity index (χ0v) is 15.2. The number of anilines is 2. The van der Waals surface area contributed by atoms with Gasteiger partial charge in [0.15, 0.2) is 0 Å². The van der Waals surface area contributed by atoms with Gasteiger partial charge in [-0.3, -0.25) is 0 Å². The van der Waals surface area contributed by atoms with Crippen molar-refractivity contribution in [2.24, 2.45) is 0 Å². The van der Waals surface area contributed by atoms with Crippen molar-refractivity contribution in [3.8, 4) is 5.75 Å². The van der Waals surface area contributed by atoms with Crippen molar-refractivity contribution in [2.75, 3.05) is 10.6 Å². The highest BCUT2D eigenvalue weighted by Crippen LogP contribution is 2.38. The normalized spacial score (nSPS) is 12.6. The lowest BCUT2D eigenvalue weighted by molar-refractivity contribution is 0.0535. The lowest BCUT2D eigenvalue weighted by Gasteiger charge is -2.13. The van der Waals surface area contributed by atoms with Crippen molar-refractivity contribution in [1.29, 1.82) is 0 Å². The number of nitrogens with one attached hydrogen (secondary N) is 2. The summed E-state index contributed by atoms with van der Waals surface area (Å²) in [5.74, 6) is -0.405. The summed E-state index contributed by atoms with van der Waals surface area (Å²) in [7, 11) is 0. The molecular weight excluding hydrogens is 391 g/mol. The molecule has 0 aromatic heterocycles. The number of halogens is 2. The number of carbonyl (C=O) groups is 2. The van der Waals surface area contributed by atoms with E-state index in [4.69, 9.17) is 27.9 Å². The SMILES string of the molecule is O=C(Nc1ccc2c(c1)C(=O)OC2)Nc1c(Cl)cc(Cl)c2ccc(O)cc12. The fraction of sp³-hybridized carbons (Fsp3) is 0.0526. The molecule has 136 valence electrons. The van der Waals surface area contributed by atoms with Crippen LogP contribution in [-0.2, 0) is 11.3 Å². The van der Waals surface area contributed by atoms with E-state index in [1.165, 1.54) is 18.2 Å². The third-order valence-electron chi connectivity index (χ3n) is 4.21. The van der Waals surface area contributed by atoms with E-state index in [9.17, 15) is 14.7 Å². The number of rotatable bonds is 2. The van der Waals surface area contributed by atoms with E-state index in [1.54, 1.807) is 24.3 Å². The van der Waals surface area contributed by atoms with Crippen molar-refractivity contribution >= 4 is 57.3 Å². The summed E-state index contributed by atoms with van der Waals surface area (Å²) in [5.41, 5.74) is 1.94. The van der Waals surface area contributed by atoms with Crippen molar-refractivity contribution in [3.63, 3.8) is 0 Å². The van der Waals surface area contributed by atoms with Crippen LogP contribution in [0.4, 0.5) is 16.2 Å². The molecule has 0 bridgehead atoms. The first-order chi connectivity index (χ1) is 12.9. The third-order valence-corrected chi connectivity index (χ3v) is 4.82. The van der Waals surface area contributed by atoms with Gasteiger partial charge in [-0.1, -0.05) is 29.3 Å². The number of hydrogen-bond acceptors (Lipinski definition) is 4. The molecule has 4 rings (SSSR count). The van der Waals surface area contributed by atoms with Crippen LogP contribution >= 0.6 is 23.2 Å². The molecule has 0 saturated carbocycles. The summed E-state index contributed by atoms with van der Waals surface area (Å²) in [6.07, 6.45) is 0. The molecule has 1 aliphatic rings. The summed E-state index contributed by atoms with van der Waals surface area (Å²) < 4.78 is 4.94. The number of aromatic hydroxyl groups is 1. The van der Waals surface area contributed by atoms with E-state index in [0.717, 1.165) is 5.56 Å². The molecule has 1 aliphatic heterocycles. The van der Waals surface area contributed by atoms with Gasteiger partial charge in [-0.2, -0.15) is 0 Å². The van der Waals surface area contributed by atoms with Gasteiger partial charge in [-0.15, -0.1) is 0 Å². The Morgan fingerprint density at radius 3 is 2.63 bits per heavy atom. The van der Waals surface area contributed by atoms with E-state index < -0.39 is 12.0 Å². The summed E-state index contributed by atoms with van der Waals surface area (Å²) in [4.78, 5) is 24.1. The van der Waals surface area contributed by atoms with Gasteiger partial charge in [0.25, 0.3) is 0 Å². The third kappa shape index (κ3) is 3.25. The van der Waals surface area contributed by atoms with Gasteiger partial charge in [-0.25, -0.2) is 9.59 Å². The molecule has 0 radical (unpaired) electrons. The first-order valence-electron chi connectivity index (χ1n) is 7.91. The number of carbonyl (C=O) groups excluding carboxylic acids is 2. The van der Waals surface area contributed by atoms with Gasteiger partial charge in [0.2, 0.25) is 0 Å². The monoisotopic (exact) mass is 402 g/mol. The van der Waals surface area contributed by atoms with Crippen molar-refractivity contribution in [2.45, 2.75) is 6.61 Å². The largest absolute Gasteiger partial charge is 0.508 e.